The van der Waals surface area contributed by atoms with E-state index in [0.29, 0.717) is 31.6 Å². The number of nitrogens with zero attached hydrogens (tertiary/aromatic N) is 1. The Balaban J connectivity index is 1.36. The predicted octanol–water partition coefficient (Wildman–Crippen LogP) is 5.56. The van der Waals surface area contributed by atoms with Crippen LogP contribution in [0, 0.1) is 0 Å². The minimum Gasteiger partial charge on any atom is -0.373 e. The third kappa shape index (κ3) is 6.09. The first-order valence-electron chi connectivity index (χ1n) is 12.9. The summed E-state index contributed by atoms with van der Waals surface area (Å²) < 4.78 is 7.89. The molecule has 6 nitrogen and oxygen atoms in total. The SMILES string of the molecule is C[C@@]1(CNC(=O)c2cc3cc(NC(=O)CCc4ccccc4)ccc3n2Cc2ccccc2)CCCO1. The Labute approximate surface area is 217 Å². The number of hydrogen-bond acceptors (Lipinski definition) is 3. The molecule has 0 spiro atoms. The summed E-state index contributed by atoms with van der Waals surface area (Å²) in [6, 6.07) is 27.8. The molecular formula is C31H33N3O3. The molecule has 1 aliphatic heterocycles. The average molecular weight is 496 g/mol. The molecule has 190 valence electrons. The van der Waals surface area contributed by atoms with E-state index in [9.17, 15) is 9.59 Å². The van der Waals surface area contributed by atoms with E-state index >= 15 is 0 Å². The van der Waals surface area contributed by atoms with Crippen LogP contribution in [0.3, 0.4) is 0 Å². The van der Waals surface area contributed by atoms with E-state index in [-0.39, 0.29) is 17.4 Å². The van der Waals surface area contributed by atoms with Gasteiger partial charge in [0.1, 0.15) is 5.69 Å². The second kappa shape index (κ2) is 11.0. The number of nitrogens with one attached hydrogen (secondary N) is 2. The van der Waals surface area contributed by atoms with Crippen molar-refractivity contribution in [2.24, 2.45) is 0 Å². The van der Waals surface area contributed by atoms with Crippen LogP contribution in [0.1, 0.15) is 47.8 Å². The zero-order chi connectivity index (χ0) is 25.7. The minimum atomic E-state index is -0.316. The molecule has 4 aromatic rings. The fraction of sp³-hybridized carbons (Fsp3) is 0.290. The summed E-state index contributed by atoms with van der Waals surface area (Å²) >= 11 is 0. The summed E-state index contributed by atoms with van der Waals surface area (Å²) in [5.74, 6) is -0.160. The van der Waals surface area contributed by atoms with E-state index in [1.54, 1.807) is 0 Å². The lowest BCUT2D eigenvalue weighted by molar-refractivity contribution is -0.116. The van der Waals surface area contributed by atoms with Crippen molar-refractivity contribution in [1.29, 1.82) is 0 Å². The van der Waals surface area contributed by atoms with Gasteiger partial charge in [-0.05, 0) is 61.6 Å². The highest BCUT2D eigenvalue weighted by atomic mass is 16.5. The molecule has 1 aromatic heterocycles. The van der Waals surface area contributed by atoms with Gasteiger partial charge in [0.25, 0.3) is 5.91 Å². The molecule has 5 rings (SSSR count). The first kappa shape index (κ1) is 24.8. The van der Waals surface area contributed by atoms with Crippen molar-refractivity contribution in [1.82, 2.24) is 9.88 Å². The first-order valence-corrected chi connectivity index (χ1v) is 12.9. The van der Waals surface area contributed by atoms with Crippen molar-refractivity contribution >= 4 is 28.4 Å². The maximum atomic E-state index is 13.3. The Morgan fingerprint density at radius 3 is 2.38 bits per heavy atom. The number of fused-ring (bicyclic) bond motifs is 1. The lowest BCUT2D eigenvalue weighted by Gasteiger charge is -2.23. The van der Waals surface area contributed by atoms with Gasteiger partial charge >= 0.3 is 0 Å². The lowest BCUT2D eigenvalue weighted by atomic mass is 10.0. The number of rotatable bonds is 9. The molecule has 0 bridgehead atoms. The monoisotopic (exact) mass is 495 g/mol. The van der Waals surface area contributed by atoms with Gasteiger partial charge in [-0.2, -0.15) is 0 Å². The third-order valence-corrected chi connectivity index (χ3v) is 7.01. The van der Waals surface area contributed by atoms with Crippen LogP contribution in [0.25, 0.3) is 10.9 Å². The Hall–Kier alpha value is -3.90. The van der Waals surface area contributed by atoms with E-state index in [1.165, 1.54) is 0 Å². The minimum absolute atomic E-state index is 0.0327. The first-order chi connectivity index (χ1) is 18.0. The van der Waals surface area contributed by atoms with E-state index in [1.807, 2.05) is 84.3 Å². The molecule has 0 saturated carbocycles. The molecule has 2 N–H and O–H groups in total. The largest absolute Gasteiger partial charge is 0.373 e. The van der Waals surface area contributed by atoms with Gasteiger partial charge in [-0.25, -0.2) is 0 Å². The molecule has 0 radical (unpaired) electrons. The van der Waals surface area contributed by atoms with Crippen LogP contribution >= 0.6 is 0 Å². The van der Waals surface area contributed by atoms with Gasteiger partial charge in [0.2, 0.25) is 5.91 Å². The third-order valence-electron chi connectivity index (χ3n) is 7.01. The van der Waals surface area contributed by atoms with E-state index in [0.717, 1.165) is 47.2 Å². The van der Waals surface area contributed by atoms with Crippen LogP contribution in [0.5, 0.6) is 0 Å². The average Bonchev–Trinajstić information content (AvgIpc) is 3.51. The Kier molecular flexibility index (Phi) is 7.37. The number of hydrogen-bond donors (Lipinski definition) is 2. The van der Waals surface area contributed by atoms with Gasteiger partial charge in [0.15, 0.2) is 0 Å². The van der Waals surface area contributed by atoms with Crippen LogP contribution in [0.15, 0.2) is 84.9 Å². The van der Waals surface area contributed by atoms with Crippen molar-refractivity contribution in [2.75, 3.05) is 18.5 Å². The van der Waals surface area contributed by atoms with Gasteiger partial charge in [0, 0.05) is 42.7 Å². The molecule has 37 heavy (non-hydrogen) atoms. The Morgan fingerprint density at radius 2 is 1.68 bits per heavy atom. The van der Waals surface area contributed by atoms with E-state index < -0.39 is 0 Å². The van der Waals surface area contributed by atoms with E-state index in [4.69, 9.17) is 4.74 Å². The summed E-state index contributed by atoms with van der Waals surface area (Å²) in [6.07, 6.45) is 3.05. The lowest BCUT2D eigenvalue weighted by Crippen LogP contribution is -2.40. The molecule has 1 aliphatic rings. The normalized spacial score (nSPS) is 17.1. The van der Waals surface area contributed by atoms with Crippen LogP contribution in [0.4, 0.5) is 5.69 Å². The summed E-state index contributed by atoms with van der Waals surface area (Å²) in [5, 5.41) is 7.01. The molecule has 2 amide bonds. The fourth-order valence-electron chi connectivity index (χ4n) is 4.93. The molecule has 3 aromatic carbocycles. The van der Waals surface area contributed by atoms with Crippen LogP contribution in [0.2, 0.25) is 0 Å². The maximum absolute atomic E-state index is 13.3. The summed E-state index contributed by atoms with van der Waals surface area (Å²) in [4.78, 5) is 25.9. The molecule has 6 heteroatoms. The van der Waals surface area contributed by atoms with Crippen molar-refractivity contribution in [2.45, 2.75) is 44.8 Å². The summed E-state index contributed by atoms with van der Waals surface area (Å²) in [6.45, 7) is 3.83. The Bertz CT molecular complexity index is 1370. The molecule has 2 heterocycles. The molecule has 0 unspecified atom stereocenters. The maximum Gasteiger partial charge on any atom is 0.268 e. The quantitative estimate of drug-likeness (QED) is 0.319. The fourth-order valence-corrected chi connectivity index (χ4v) is 4.93. The van der Waals surface area contributed by atoms with E-state index in [2.05, 4.69) is 22.8 Å². The van der Waals surface area contributed by atoms with Crippen molar-refractivity contribution in [3.63, 3.8) is 0 Å². The van der Waals surface area contributed by atoms with Gasteiger partial charge in [-0.1, -0.05) is 60.7 Å². The van der Waals surface area contributed by atoms with Crippen LogP contribution in [-0.4, -0.2) is 35.1 Å². The number of amides is 2. The van der Waals surface area contributed by atoms with Gasteiger partial charge in [0.05, 0.1) is 5.60 Å². The zero-order valence-electron chi connectivity index (χ0n) is 21.2. The highest BCUT2D eigenvalue weighted by molar-refractivity contribution is 6.00. The number of benzene rings is 3. The second-order valence-corrected chi connectivity index (χ2v) is 9.99. The Morgan fingerprint density at radius 1 is 0.946 bits per heavy atom. The second-order valence-electron chi connectivity index (χ2n) is 9.99. The van der Waals surface area contributed by atoms with Crippen molar-refractivity contribution in [3.05, 3.63) is 102 Å². The van der Waals surface area contributed by atoms with Crippen molar-refractivity contribution in [3.8, 4) is 0 Å². The summed E-state index contributed by atoms with van der Waals surface area (Å²) in [5.41, 5.74) is 4.19. The molecular weight excluding hydrogens is 462 g/mol. The number of carbonyl (C=O) groups excluding carboxylic acids is 2. The highest BCUT2D eigenvalue weighted by Crippen LogP contribution is 2.27. The number of aryl methyl sites for hydroxylation is 1. The molecule has 1 saturated heterocycles. The number of anilines is 1. The van der Waals surface area contributed by atoms with Crippen molar-refractivity contribution < 1.29 is 14.3 Å². The van der Waals surface area contributed by atoms with Gasteiger partial charge in [-0.3, -0.25) is 9.59 Å². The topological polar surface area (TPSA) is 72.4 Å². The molecule has 0 aliphatic carbocycles. The predicted molar refractivity (Wildman–Crippen MR) is 147 cm³/mol. The van der Waals surface area contributed by atoms with Gasteiger partial charge in [-0.15, -0.1) is 0 Å². The van der Waals surface area contributed by atoms with Crippen LogP contribution in [-0.2, 0) is 22.5 Å². The van der Waals surface area contributed by atoms with Gasteiger partial charge < -0.3 is 19.9 Å². The smallest absolute Gasteiger partial charge is 0.268 e. The highest BCUT2D eigenvalue weighted by Gasteiger charge is 2.30. The standard InChI is InChI=1S/C31H33N3O3/c1-31(17-8-18-37-31)22-32-30(36)28-20-25-19-26(33-29(35)16-13-23-9-4-2-5-10-23)14-15-27(25)34(28)21-24-11-6-3-7-12-24/h2-7,9-12,14-15,19-20H,8,13,16-18,21-22H2,1H3,(H,32,36)(H,33,35)/t31-/m0/s1. The molecule has 1 atom stereocenters. The number of ether oxygens (including phenoxy) is 1. The van der Waals surface area contributed by atoms with Crippen LogP contribution < -0.4 is 10.6 Å². The molecule has 1 fully saturated rings. The summed E-state index contributed by atoms with van der Waals surface area (Å²) in [7, 11) is 0. The number of aromatic nitrogens is 1. The zero-order valence-corrected chi connectivity index (χ0v) is 21.2. The number of carbonyl (C=O) groups is 2.